The van der Waals surface area contributed by atoms with Gasteiger partial charge >= 0.3 is 0 Å². The van der Waals surface area contributed by atoms with Gasteiger partial charge in [0, 0.05) is 10.9 Å². The molecule has 0 heterocycles. The van der Waals surface area contributed by atoms with E-state index in [-0.39, 0.29) is 11.3 Å². The highest BCUT2D eigenvalue weighted by atomic mass is 79.9. The monoisotopic (exact) mass is 286 g/mol. The summed E-state index contributed by atoms with van der Waals surface area (Å²) in [6, 6.07) is 4.47. The number of halogens is 2. The van der Waals surface area contributed by atoms with Crippen molar-refractivity contribution in [2.45, 2.75) is 33.1 Å². The molecule has 0 aliphatic rings. The Morgan fingerprint density at radius 2 is 2.19 bits per heavy atom. The fraction of sp³-hybridized carbons (Fsp3) is 0.462. The van der Waals surface area contributed by atoms with Crippen molar-refractivity contribution in [1.82, 2.24) is 0 Å². The molecule has 1 unspecified atom stereocenters. The van der Waals surface area contributed by atoms with Crippen molar-refractivity contribution < 1.29 is 9.18 Å². The summed E-state index contributed by atoms with van der Waals surface area (Å²) in [4.78, 5) is 11.8. The number of carbonyl (C=O) groups is 1. The van der Waals surface area contributed by atoms with Crippen molar-refractivity contribution in [3.63, 3.8) is 0 Å². The molecule has 88 valence electrons. The molecule has 0 N–H and O–H groups in total. The van der Waals surface area contributed by atoms with Crippen LogP contribution in [0.2, 0.25) is 0 Å². The van der Waals surface area contributed by atoms with Crippen molar-refractivity contribution >= 4 is 21.7 Å². The summed E-state index contributed by atoms with van der Waals surface area (Å²) in [5, 5.41) is 0. The van der Waals surface area contributed by atoms with Gasteiger partial charge in [0.25, 0.3) is 0 Å². The summed E-state index contributed by atoms with van der Waals surface area (Å²) in [5.74, 6) is -0.229. The Morgan fingerprint density at radius 3 is 2.81 bits per heavy atom. The van der Waals surface area contributed by atoms with Gasteiger partial charge in [0.15, 0.2) is 5.78 Å². The standard InChI is InChI=1S/C13H16BrFO/c1-3-4-9(2)7-13(16)11-8-10(14)5-6-12(11)15/h5-6,8-9H,3-4,7H2,1-2H3. The predicted molar refractivity (Wildman–Crippen MR) is 67.1 cm³/mol. The van der Waals surface area contributed by atoms with E-state index in [2.05, 4.69) is 22.9 Å². The summed E-state index contributed by atoms with van der Waals surface area (Å²) in [7, 11) is 0. The van der Waals surface area contributed by atoms with E-state index in [9.17, 15) is 9.18 Å². The maximum absolute atomic E-state index is 13.4. The highest BCUT2D eigenvalue weighted by Gasteiger charge is 2.14. The van der Waals surface area contributed by atoms with E-state index in [1.54, 1.807) is 12.1 Å². The molecule has 0 bridgehead atoms. The van der Waals surface area contributed by atoms with Gasteiger partial charge in [-0.3, -0.25) is 4.79 Å². The van der Waals surface area contributed by atoms with Crippen LogP contribution in [0.1, 0.15) is 43.5 Å². The van der Waals surface area contributed by atoms with Crippen LogP contribution in [-0.2, 0) is 0 Å². The van der Waals surface area contributed by atoms with Gasteiger partial charge in [-0.25, -0.2) is 4.39 Å². The van der Waals surface area contributed by atoms with Crippen LogP contribution in [0.4, 0.5) is 4.39 Å². The molecule has 0 aromatic heterocycles. The normalized spacial score (nSPS) is 12.5. The summed E-state index contributed by atoms with van der Waals surface area (Å²) < 4.78 is 14.2. The lowest BCUT2D eigenvalue weighted by Crippen LogP contribution is -2.08. The Labute approximate surface area is 104 Å². The van der Waals surface area contributed by atoms with Crippen molar-refractivity contribution in [1.29, 1.82) is 0 Å². The Kier molecular flexibility index (Phi) is 5.13. The molecule has 16 heavy (non-hydrogen) atoms. The van der Waals surface area contributed by atoms with E-state index in [1.807, 2.05) is 6.92 Å². The number of Topliss-reactive ketones (excluding diaryl/α,β-unsaturated/α-hetero) is 1. The molecular formula is C13H16BrFO. The first-order valence-electron chi connectivity index (χ1n) is 5.52. The number of hydrogen-bond donors (Lipinski definition) is 0. The minimum absolute atomic E-state index is 0.111. The second kappa shape index (κ2) is 6.14. The quantitative estimate of drug-likeness (QED) is 0.723. The predicted octanol–water partition coefficient (Wildman–Crippen LogP) is 4.60. The second-order valence-electron chi connectivity index (χ2n) is 4.15. The molecule has 0 fully saturated rings. The zero-order valence-electron chi connectivity index (χ0n) is 9.59. The lowest BCUT2D eigenvalue weighted by Gasteiger charge is -2.09. The number of ketones is 1. The van der Waals surface area contributed by atoms with Crippen LogP contribution < -0.4 is 0 Å². The van der Waals surface area contributed by atoms with Crippen molar-refractivity contribution in [2.24, 2.45) is 5.92 Å². The van der Waals surface area contributed by atoms with E-state index in [0.717, 1.165) is 17.3 Å². The average Bonchev–Trinajstić information content (AvgIpc) is 2.21. The van der Waals surface area contributed by atoms with Gasteiger partial charge in [-0.15, -0.1) is 0 Å². The second-order valence-corrected chi connectivity index (χ2v) is 5.06. The molecule has 0 saturated carbocycles. The first kappa shape index (κ1) is 13.4. The first-order valence-corrected chi connectivity index (χ1v) is 6.32. The molecule has 0 saturated heterocycles. The number of hydrogen-bond acceptors (Lipinski definition) is 1. The lowest BCUT2D eigenvalue weighted by molar-refractivity contribution is 0.0958. The summed E-state index contributed by atoms with van der Waals surface area (Å²) in [5.41, 5.74) is 0.192. The van der Waals surface area contributed by atoms with Gasteiger partial charge in [-0.2, -0.15) is 0 Å². The fourth-order valence-corrected chi connectivity index (χ4v) is 2.09. The topological polar surface area (TPSA) is 17.1 Å². The number of rotatable bonds is 5. The smallest absolute Gasteiger partial charge is 0.166 e. The molecule has 1 aromatic rings. The third-order valence-corrected chi connectivity index (χ3v) is 3.04. The molecular weight excluding hydrogens is 271 g/mol. The molecule has 1 aromatic carbocycles. The Morgan fingerprint density at radius 1 is 1.50 bits per heavy atom. The van der Waals surface area contributed by atoms with Gasteiger partial charge in [0.1, 0.15) is 5.82 Å². The Balaban J connectivity index is 2.76. The van der Waals surface area contributed by atoms with E-state index in [4.69, 9.17) is 0 Å². The number of benzene rings is 1. The molecule has 0 radical (unpaired) electrons. The molecule has 1 rings (SSSR count). The molecule has 3 heteroatoms. The van der Waals surface area contributed by atoms with Gasteiger partial charge in [-0.05, 0) is 24.1 Å². The first-order chi connectivity index (χ1) is 7.54. The van der Waals surface area contributed by atoms with E-state index < -0.39 is 5.82 Å². The van der Waals surface area contributed by atoms with Gasteiger partial charge in [0.2, 0.25) is 0 Å². The van der Waals surface area contributed by atoms with Crippen molar-refractivity contribution in [3.05, 3.63) is 34.1 Å². The van der Waals surface area contributed by atoms with Crippen LogP contribution in [0.15, 0.2) is 22.7 Å². The van der Waals surface area contributed by atoms with Crippen LogP contribution in [0.5, 0.6) is 0 Å². The largest absolute Gasteiger partial charge is 0.294 e. The van der Waals surface area contributed by atoms with E-state index in [0.29, 0.717) is 12.3 Å². The van der Waals surface area contributed by atoms with Crippen LogP contribution in [-0.4, -0.2) is 5.78 Å². The zero-order valence-corrected chi connectivity index (χ0v) is 11.2. The minimum Gasteiger partial charge on any atom is -0.294 e. The molecule has 0 spiro atoms. The SMILES string of the molecule is CCCC(C)CC(=O)c1cc(Br)ccc1F. The van der Waals surface area contributed by atoms with Crippen LogP contribution in [0.3, 0.4) is 0 Å². The Bertz CT molecular complexity index is 376. The summed E-state index contributed by atoms with van der Waals surface area (Å²) in [6.07, 6.45) is 2.47. The van der Waals surface area contributed by atoms with Crippen molar-refractivity contribution in [3.8, 4) is 0 Å². The van der Waals surface area contributed by atoms with E-state index in [1.165, 1.54) is 6.07 Å². The van der Waals surface area contributed by atoms with Crippen molar-refractivity contribution in [2.75, 3.05) is 0 Å². The van der Waals surface area contributed by atoms with Gasteiger partial charge < -0.3 is 0 Å². The minimum atomic E-state index is -0.433. The maximum atomic E-state index is 13.4. The van der Waals surface area contributed by atoms with Crippen LogP contribution in [0, 0.1) is 11.7 Å². The maximum Gasteiger partial charge on any atom is 0.166 e. The third-order valence-electron chi connectivity index (χ3n) is 2.54. The molecule has 0 aliphatic heterocycles. The summed E-state index contributed by atoms with van der Waals surface area (Å²) in [6.45, 7) is 4.11. The highest BCUT2D eigenvalue weighted by Crippen LogP contribution is 2.20. The zero-order chi connectivity index (χ0) is 12.1. The van der Waals surface area contributed by atoms with Crippen LogP contribution in [0.25, 0.3) is 0 Å². The van der Waals surface area contributed by atoms with Crippen LogP contribution >= 0.6 is 15.9 Å². The molecule has 1 atom stereocenters. The molecule has 0 amide bonds. The van der Waals surface area contributed by atoms with Gasteiger partial charge in [-0.1, -0.05) is 42.6 Å². The van der Waals surface area contributed by atoms with E-state index >= 15 is 0 Å². The Hall–Kier alpha value is -0.700. The fourth-order valence-electron chi connectivity index (χ4n) is 1.73. The highest BCUT2D eigenvalue weighted by molar-refractivity contribution is 9.10. The summed E-state index contributed by atoms with van der Waals surface area (Å²) >= 11 is 3.24. The molecule has 0 aliphatic carbocycles. The lowest BCUT2D eigenvalue weighted by atomic mass is 9.96. The molecule has 1 nitrogen and oxygen atoms in total. The third kappa shape index (κ3) is 3.71. The number of carbonyl (C=O) groups excluding carboxylic acids is 1. The average molecular weight is 287 g/mol. The van der Waals surface area contributed by atoms with Gasteiger partial charge in [0.05, 0.1) is 5.56 Å².